The molecule has 1 heteroatoms. The topological polar surface area (TPSA) is 9.23 Å². The van der Waals surface area contributed by atoms with E-state index in [0.717, 1.165) is 18.6 Å². The molecular weight excluding hydrogens is 220 g/mol. The maximum absolute atomic E-state index is 5.86. The van der Waals surface area contributed by atoms with Crippen molar-refractivity contribution in [3.8, 4) is 5.75 Å². The van der Waals surface area contributed by atoms with Crippen LogP contribution in [0.2, 0.25) is 0 Å². The van der Waals surface area contributed by atoms with Crippen LogP contribution in [-0.4, -0.2) is 6.10 Å². The van der Waals surface area contributed by atoms with Gasteiger partial charge in [0.1, 0.15) is 5.75 Å². The van der Waals surface area contributed by atoms with Crippen LogP contribution in [0.5, 0.6) is 5.75 Å². The Hall–Kier alpha value is -0.980. The molecule has 0 saturated heterocycles. The molecule has 0 saturated carbocycles. The zero-order valence-electron chi connectivity index (χ0n) is 12.8. The third-order valence-electron chi connectivity index (χ3n) is 2.69. The molecule has 1 aromatic carbocycles. The van der Waals surface area contributed by atoms with Gasteiger partial charge in [-0.3, -0.25) is 0 Å². The molecule has 1 aromatic rings. The fraction of sp³-hybridized carbons (Fsp3) is 0.647. The van der Waals surface area contributed by atoms with E-state index in [1.807, 2.05) is 0 Å². The van der Waals surface area contributed by atoms with Gasteiger partial charge in [0.25, 0.3) is 0 Å². The van der Waals surface area contributed by atoms with Crippen LogP contribution in [0.15, 0.2) is 18.2 Å². The molecule has 0 spiro atoms. The van der Waals surface area contributed by atoms with Gasteiger partial charge >= 0.3 is 0 Å². The summed E-state index contributed by atoms with van der Waals surface area (Å²) < 4.78 is 5.86. The molecule has 0 fully saturated rings. The van der Waals surface area contributed by atoms with Gasteiger partial charge in [0.05, 0.1) is 6.10 Å². The Bertz CT molecular complexity index is 294. The Balaban J connectivity index is 2.95. The summed E-state index contributed by atoms with van der Waals surface area (Å²) in [7, 11) is 0. The van der Waals surface area contributed by atoms with E-state index in [2.05, 4.69) is 59.7 Å². The van der Waals surface area contributed by atoms with Crippen molar-refractivity contribution in [3.63, 3.8) is 0 Å². The Kier molecular flexibility index (Phi) is 5.71. The molecule has 18 heavy (non-hydrogen) atoms. The molecule has 0 bridgehead atoms. The highest BCUT2D eigenvalue weighted by Crippen LogP contribution is 2.22. The van der Waals surface area contributed by atoms with Crippen molar-refractivity contribution in [1.29, 1.82) is 0 Å². The summed E-state index contributed by atoms with van der Waals surface area (Å²) in [6.07, 6.45) is 2.49. The molecule has 0 radical (unpaired) electrons. The minimum Gasteiger partial charge on any atom is -0.491 e. The molecule has 0 aliphatic heterocycles. The van der Waals surface area contributed by atoms with Crippen molar-refractivity contribution in [2.45, 2.75) is 60.5 Å². The average Bonchev–Trinajstić information content (AvgIpc) is 2.12. The fourth-order valence-corrected chi connectivity index (χ4v) is 2.25. The first-order valence-corrected chi connectivity index (χ1v) is 7.16. The lowest BCUT2D eigenvalue weighted by atomic mass is 9.96. The smallest absolute Gasteiger partial charge is 0.120 e. The van der Waals surface area contributed by atoms with Crippen LogP contribution in [0.3, 0.4) is 0 Å². The second kappa shape index (κ2) is 6.82. The summed E-state index contributed by atoms with van der Waals surface area (Å²) in [6.45, 7) is 13.2. The van der Waals surface area contributed by atoms with Crippen molar-refractivity contribution in [2.24, 2.45) is 11.8 Å². The van der Waals surface area contributed by atoms with E-state index in [1.54, 1.807) is 0 Å². The van der Waals surface area contributed by atoms with Gasteiger partial charge < -0.3 is 4.74 Å². The highest BCUT2D eigenvalue weighted by atomic mass is 16.5. The van der Waals surface area contributed by atoms with E-state index < -0.39 is 0 Å². The number of hydrogen-bond donors (Lipinski definition) is 0. The van der Waals surface area contributed by atoms with E-state index in [1.165, 1.54) is 11.1 Å². The predicted molar refractivity (Wildman–Crippen MR) is 79.3 cm³/mol. The highest BCUT2D eigenvalue weighted by Gasteiger charge is 2.07. The van der Waals surface area contributed by atoms with Crippen LogP contribution < -0.4 is 4.74 Å². The van der Waals surface area contributed by atoms with Crippen molar-refractivity contribution >= 4 is 0 Å². The summed E-state index contributed by atoms with van der Waals surface area (Å²) in [6, 6.07) is 6.74. The zero-order chi connectivity index (χ0) is 13.7. The average molecular weight is 248 g/mol. The molecule has 0 aliphatic rings. The molecule has 0 unspecified atom stereocenters. The Morgan fingerprint density at radius 2 is 1.22 bits per heavy atom. The largest absolute Gasteiger partial charge is 0.491 e. The Morgan fingerprint density at radius 3 is 1.56 bits per heavy atom. The van der Waals surface area contributed by atoms with Crippen molar-refractivity contribution in [3.05, 3.63) is 29.3 Å². The monoisotopic (exact) mass is 248 g/mol. The summed E-state index contributed by atoms with van der Waals surface area (Å²) in [5.74, 6) is 2.40. The summed E-state index contributed by atoms with van der Waals surface area (Å²) >= 11 is 0. The summed E-state index contributed by atoms with van der Waals surface area (Å²) in [4.78, 5) is 0. The van der Waals surface area contributed by atoms with Crippen molar-refractivity contribution in [2.75, 3.05) is 0 Å². The third-order valence-corrected chi connectivity index (χ3v) is 2.69. The predicted octanol–water partition coefficient (Wildman–Crippen LogP) is 4.87. The summed E-state index contributed by atoms with van der Waals surface area (Å²) in [5, 5.41) is 0. The number of hydrogen-bond acceptors (Lipinski definition) is 1. The minimum absolute atomic E-state index is 0.242. The van der Waals surface area contributed by atoms with Gasteiger partial charge in [-0.1, -0.05) is 33.8 Å². The second-order valence-corrected chi connectivity index (χ2v) is 6.35. The van der Waals surface area contributed by atoms with Gasteiger partial charge in [-0.15, -0.1) is 0 Å². The first kappa shape index (κ1) is 15.1. The lowest BCUT2D eigenvalue weighted by Gasteiger charge is -2.15. The van der Waals surface area contributed by atoms with Gasteiger partial charge in [0.15, 0.2) is 0 Å². The molecule has 0 amide bonds. The van der Waals surface area contributed by atoms with Crippen molar-refractivity contribution in [1.82, 2.24) is 0 Å². The molecule has 0 aromatic heterocycles. The second-order valence-electron chi connectivity index (χ2n) is 6.35. The van der Waals surface area contributed by atoms with Gasteiger partial charge in [-0.2, -0.15) is 0 Å². The van der Waals surface area contributed by atoms with Gasteiger partial charge in [-0.25, -0.2) is 0 Å². The third kappa shape index (κ3) is 5.57. The molecule has 102 valence electrons. The SMILES string of the molecule is CC(C)Cc1cc(CC(C)C)cc(OC(C)C)c1. The van der Waals surface area contributed by atoms with Gasteiger partial charge in [0.2, 0.25) is 0 Å². The molecule has 0 N–H and O–H groups in total. The van der Waals surface area contributed by atoms with Crippen LogP contribution in [0.4, 0.5) is 0 Å². The molecular formula is C17H28O. The molecule has 0 atom stereocenters. The minimum atomic E-state index is 0.242. The van der Waals surface area contributed by atoms with Crippen LogP contribution in [0.25, 0.3) is 0 Å². The molecule has 0 heterocycles. The lowest BCUT2D eigenvalue weighted by molar-refractivity contribution is 0.242. The molecule has 1 rings (SSSR count). The standard InChI is InChI=1S/C17H28O/c1-12(2)7-15-9-16(8-13(3)4)11-17(10-15)18-14(5)6/h9-14H,7-8H2,1-6H3. The van der Waals surface area contributed by atoms with E-state index in [-0.39, 0.29) is 6.10 Å². The first-order valence-electron chi connectivity index (χ1n) is 7.16. The van der Waals surface area contributed by atoms with E-state index in [4.69, 9.17) is 4.74 Å². The van der Waals surface area contributed by atoms with Crippen LogP contribution in [0, 0.1) is 11.8 Å². The maximum Gasteiger partial charge on any atom is 0.120 e. The highest BCUT2D eigenvalue weighted by molar-refractivity contribution is 5.35. The first-order chi connectivity index (χ1) is 8.36. The number of ether oxygens (including phenoxy) is 1. The van der Waals surface area contributed by atoms with E-state index in [0.29, 0.717) is 11.8 Å². The normalized spacial score (nSPS) is 11.6. The van der Waals surface area contributed by atoms with Crippen LogP contribution in [-0.2, 0) is 12.8 Å². The van der Waals surface area contributed by atoms with E-state index >= 15 is 0 Å². The quantitative estimate of drug-likeness (QED) is 0.698. The van der Waals surface area contributed by atoms with Crippen molar-refractivity contribution < 1.29 is 4.74 Å². The zero-order valence-corrected chi connectivity index (χ0v) is 12.8. The molecule has 1 nitrogen and oxygen atoms in total. The van der Waals surface area contributed by atoms with Gasteiger partial charge in [-0.05, 0) is 61.8 Å². The summed E-state index contributed by atoms with van der Waals surface area (Å²) in [5.41, 5.74) is 2.80. The number of rotatable bonds is 6. The van der Waals surface area contributed by atoms with Crippen LogP contribution >= 0.6 is 0 Å². The van der Waals surface area contributed by atoms with E-state index in [9.17, 15) is 0 Å². The maximum atomic E-state index is 5.86. The Labute approximate surface area is 113 Å². The van der Waals surface area contributed by atoms with Crippen LogP contribution in [0.1, 0.15) is 52.7 Å². The number of benzene rings is 1. The molecule has 0 aliphatic carbocycles. The lowest BCUT2D eigenvalue weighted by Crippen LogP contribution is -2.07. The van der Waals surface area contributed by atoms with Gasteiger partial charge in [0, 0.05) is 0 Å². The fourth-order valence-electron chi connectivity index (χ4n) is 2.25. The Morgan fingerprint density at radius 1 is 0.778 bits per heavy atom.